The Labute approximate surface area is 215 Å². The van der Waals surface area contributed by atoms with Gasteiger partial charge >= 0.3 is 5.97 Å². The van der Waals surface area contributed by atoms with Crippen LogP contribution in [0.3, 0.4) is 0 Å². The first-order valence-electron chi connectivity index (χ1n) is 13.1. The van der Waals surface area contributed by atoms with E-state index in [1.54, 1.807) is 29.2 Å². The molecule has 188 valence electrons. The van der Waals surface area contributed by atoms with E-state index < -0.39 is 11.9 Å². The van der Waals surface area contributed by atoms with E-state index in [9.17, 15) is 19.2 Å². The Bertz CT molecular complexity index is 1360. The number of esters is 1. The Morgan fingerprint density at radius 3 is 2.16 bits per heavy atom. The second kappa shape index (κ2) is 7.88. The summed E-state index contributed by atoms with van der Waals surface area (Å²) < 4.78 is 5.68. The summed E-state index contributed by atoms with van der Waals surface area (Å²) in [5, 5.41) is 0. The normalized spacial score (nSPS) is 33.1. The second-order valence-electron chi connectivity index (χ2n) is 11.2. The van der Waals surface area contributed by atoms with Crippen molar-refractivity contribution in [3.8, 4) is 5.75 Å². The summed E-state index contributed by atoms with van der Waals surface area (Å²) in [6.45, 7) is 4.16. The maximum atomic E-state index is 13.4. The molecule has 37 heavy (non-hydrogen) atoms. The van der Waals surface area contributed by atoms with Gasteiger partial charge < -0.3 is 9.64 Å². The number of hydrogen-bond donors (Lipinski definition) is 0. The fourth-order valence-corrected chi connectivity index (χ4v) is 7.41. The first-order valence-corrected chi connectivity index (χ1v) is 13.1. The zero-order chi connectivity index (χ0) is 25.6. The maximum Gasteiger partial charge on any atom is 0.316 e. The number of imide groups is 1. The van der Waals surface area contributed by atoms with Gasteiger partial charge in [-0.15, -0.1) is 0 Å². The fraction of sp³-hybridized carbons (Fsp3) is 0.400. The van der Waals surface area contributed by atoms with Gasteiger partial charge in [-0.1, -0.05) is 36.4 Å². The van der Waals surface area contributed by atoms with Crippen LogP contribution in [0.2, 0.25) is 0 Å². The first kappa shape index (κ1) is 22.5. The smallest absolute Gasteiger partial charge is 0.316 e. The van der Waals surface area contributed by atoms with Gasteiger partial charge in [-0.2, -0.15) is 0 Å². The molecule has 0 spiro atoms. The van der Waals surface area contributed by atoms with Crippen molar-refractivity contribution >= 4 is 35.1 Å². The summed E-state index contributed by atoms with van der Waals surface area (Å²) in [4.78, 5) is 55.7. The molecule has 6 aliphatic rings. The van der Waals surface area contributed by atoms with E-state index >= 15 is 0 Å². The third kappa shape index (κ3) is 3.26. The second-order valence-corrected chi connectivity index (χ2v) is 11.2. The molecule has 0 unspecified atom stereocenters. The van der Waals surface area contributed by atoms with Crippen LogP contribution in [0.5, 0.6) is 5.75 Å². The molecule has 7 atom stereocenters. The van der Waals surface area contributed by atoms with E-state index in [0.717, 1.165) is 23.2 Å². The van der Waals surface area contributed by atoms with Crippen LogP contribution in [0.25, 0.3) is 0 Å². The number of aryl methyl sites for hydroxylation is 2. The SMILES string of the molecule is Cc1cccc(C)c1N1C[C@H](C(=O)Oc2cccc(N3C(=O)[C@@H]4[C@H]5C=C[C@@H]([C@@H]6C[C@@H]56)[C@H]4C3=O)c2)CC1=O. The molecule has 0 radical (unpaired) electrons. The van der Waals surface area contributed by atoms with Crippen molar-refractivity contribution in [1.29, 1.82) is 0 Å². The number of amides is 3. The predicted octanol–water partition coefficient (Wildman–Crippen LogP) is 3.82. The quantitative estimate of drug-likeness (QED) is 0.278. The highest BCUT2D eigenvalue weighted by Crippen LogP contribution is 2.65. The molecule has 2 bridgehead atoms. The van der Waals surface area contributed by atoms with Crippen molar-refractivity contribution in [3.05, 3.63) is 65.7 Å². The molecular formula is C30H28N2O5. The number of hydrogen-bond acceptors (Lipinski definition) is 5. The number of allylic oxidation sites excluding steroid dienone is 2. The Morgan fingerprint density at radius 2 is 1.51 bits per heavy atom. The lowest BCUT2D eigenvalue weighted by Gasteiger charge is -2.37. The predicted molar refractivity (Wildman–Crippen MR) is 136 cm³/mol. The molecule has 7 heteroatoms. The number of benzene rings is 2. The van der Waals surface area contributed by atoms with Gasteiger partial charge in [0.15, 0.2) is 0 Å². The van der Waals surface area contributed by atoms with E-state index in [4.69, 9.17) is 4.74 Å². The molecule has 2 aromatic rings. The minimum atomic E-state index is -0.596. The zero-order valence-corrected chi connectivity index (χ0v) is 20.8. The van der Waals surface area contributed by atoms with E-state index in [-0.39, 0.29) is 60.1 Å². The van der Waals surface area contributed by atoms with Crippen LogP contribution in [0.15, 0.2) is 54.6 Å². The van der Waals surface area contributed by atoms with Crippen molar-refractivity contribution < 1.29 is 23.9 Å². The summed E-state index contributed by atoms with van der Waals surface area (Å²) in [5.74, 6) is -0.390. The Hall–Kier alpha value is -3.74. The van der Waals surface area contributed by atoms with Crippen LogP contribution in [-0.2, 0) is 19.2 Å². The third-order valence-corrected chi connectivity index (χ3v) is 9.12. The first-order chi connectivity index (χ1) is 17.8. The zero-order valence-electron chi connectivity index (χ0n) is 20.8. The number of para-hydroxylation sites is 1. The fourth-order valence-electron chi connectivity index (χ4n) is 7.41. The van der Waals surface area contributed by atoms with Gasteiger partial charge in [0.1, 0.15) is 5.75 Å². The largest absolute Gasteiger partial charge is 0.426 e. The van der Waals surface area contributed by atoms with Crippen molar-refractivity contribution in [1.82, 2.24) is 0 Å². The molecule has 2 aliphatic heterocycles. The molecule has 8 rings (SSSR count). The molecule has 3 amide bonds. The van der Waals surface area contributed by atoms with Crippen LogP contribution >= 0.6 is 0 Å². The number of rotatable bonds is 4. The van der Waals surface area contributed by atoms with Gasteiger partial charge in [-0.05, 0) is 67.2 Å². The molecule has 4 aliphatic carbocycles. The van der Waals surface area contributed by atoms with Crippen LogP contribution in [0.4, 0.5) is 11.4 Å². The summed E-state index contributed by atoms with van der Waals surface area (Å²) >= 11 is 0. The van der Waals surface area contributed by atoms with Crippen LogP contribution in [-0.4, -0.2) is 30.2 Å². The van der Waals surface area contributed by atoms with Gasteiger partial charge in [0.25, 0.3) is 0 Å². The third-order valence-electron chi connectivity index (χ3n) is 9.12. The highest BCUT2D eigenvalue weighted by Gasteiger charge is 2.67. The lowest BCUT2D eigenvalue weighted by atomic mass is 9.63. The van der Waals surface area contributed by atoms with Crippen LogP contribution in [0.1, 0.15) is 24.0 Å². The molecule has 7 nitrogen and oxygen atoms in total. The summed E-state index contributed by atoms with van der Waals surface area (Å²) in [6.07, 6.45) is 5.50. The molecule has 2 saturated heterocycles. The molecule has 2 heterocycles. The average Bonchev–Trinajstić information content (AvgIpc) is 3.56. The number of carbonyl (C=O) groups excluding carboxylic acids is 4. The molecule has 2 saturated carbocycles. The van der Waals surface area contributed by atoms with Gasteiger partial charge in [0.05, 0.1) is 23.4 Å². The lowest BCUT2D eigenvalue weighted by Crippen LogP contribution is -2.40. The lowest BCUT2D eigenvalue weighted by molar-refractivity contribution is -0.139. The van der Waals surface area contributed by atoms with Gasteiger partial charge in [-0.25, -0.2) is 4.90 Å². The van der Waals surface area contributed by atoms with E-state index in [2.05, 4.69) is 12.2 Å². The molecule has 4 fully saturated rings. The topological polar surface area (TPSA) is 84.0 Å². The summed E-state index contributed by atoms with van der Waals surface area (Å²) in [7, 11) is 0. The van der Waals surface area contributed by atoms with E-state index in [1.807, 2.05) is 32.0 Å². The van der Waals surface area contributed by atoms with Gasteiger partial charge in [-0.3, -0.25) is 19.2 Å². The van der Waals surface area contributed by atoms with Crippen molar-refractivity contribution in [3.63, 3.8) is 0 Å². The van der Waals surface area contributed by atoms with Crippen molar-refractivity contribution in [2.45, 2.75) is 26.7 Å². The van der Waals surface area contributed by atoms with Crippen molar-refractivity contribution in [2.24, 2.45) is 41.4 Å². The number of anilines is 2. The number of carbonyl (C=O) groups is 4. The van der Waals surface area contributed by atoms with E-state index in [0.29, 0.717) is 17.5 Å². The number of nitrogens with zero attached hydrogens (tertiary/aromatic N) is 2. The monoisotopic (exact) mass is 496 g/mol. The van der Waals surface area contributed by atoms with Crippen LogP contribution < -0.4 is 14.5 Å². The summed E-state index contributed by atoms with van der Waals surface area (Å²) in [5.41, 5.74) is 3.24. The molecule has 0 aromatic heterocycles. The minimum Gasteiger partial charge on any atom is -0.426 e. The van der Waals surface area contributed by atoms with Crippen molar-refractivity contribution in [2.75, 3.05) is 16.3 Å². The highest BCUT2D eigenvalue weighted by atomic mass is 16.5. The molecule has 0 N–H and O–H groups in total. The Balaban J connectivity index is 1.09. The molecular weight excluding hydrogens is 468 g/mol. The van der Waals surface area contributed by atoms with E-state index in [1.165, 1.54) is 4.90 Å². The standard InChI is InChI=1S/C30H28N2O5/c1-15-5-3-6-16(2)27(15)31-14-17(11-24(31)33)30(36)37-19-8-4-7-18(12-19)32-28(34)25-20-9-10-21(23-13-22(20)23)26(25)29(32)35/h3-10,12,17,20-23,25-26H,11,13-14H2,1-2H3/t17-,20+,21+,22+,23+,25-,26-/m1/s1. The summed E-state index contributed by atoms with van der Waals surface area (Å²) in [6, 6.07) is 12.5. The maximum absolute atomic E-state index is 13.4. The average molecular weight is 497 g/mol. The van der Waals surface area contributed by atoms with Crippen LogP contribution in [0, 0.1) is 55.3 Å². The Morgan fingerprint density at radius 1 is 0.892 bits per heavy atom. The highest BCUT2D eigenvalue weighted by molar-refractivity contribution is 6.22. The van der Waals surface area contributed by atoms with Gasteiger partial charge in [0, 0.05) is 24.7 Å². The Kier molecular flexibility index (Phi) is 4.78. The minimum absolute atomic E-state index is 0.0802. The molecule has 2 aromatic carbocycles. The number of ether oxygens (including phenoxy) is 1. The van der Waals surface area contributed by atoms with Gasteiger partial charge in [0.2, 0.25) is 17.7 Å².